The summed E-state index contributed by atoms with van der Waals surface area (Å²) < 4.78 is 17.2. The van der Waals surface area contributed by atoms with Crippen LogP contribution in [0.4, 0.5) is 5.13 Å². The number of amides is 1. The van der Waals surface area contributed by atoms with Gasteiger partial charge in [-0.2, -0.15) is 0 Å². The second kappa shape index (κ2) is 12.2. The van der Waals surface area contributed by atoms with Gasteiger partial charge >= 0.3 is 0 Å². The maximum atomic E-state index is 13.4. The van der Waals surface area contributed by atoms with E-state index in [4.69, 9.17) is 14.2 Å². The highest BCUT2D eigenvalue weighted by Gasteiger charge is 2.23. The van der Waals surface area contributed by atoms with E-state index >= 15 is 0 Å². The summed E-state index contributed by atoms with van der Waals surface area (Å²) in [5.74, 6) is 0.737. The van der Waals surface area contributed by atoms with Gasteiger partial charge in [-0.1, -0.05) is 72.0 Å². The first-order chi connectivity index (χ1) is 18.0. The van der Waals surface area contributed by atoms with Crippen LogP contribution in [0.3, 0.4) is 0 Å². The van der Waals surface area contributed by atoms with E-state index < -0.39 is 5.91 Å². The summed E-state index contributed by atoms with van der Waals surface area (Å²) in [7, 11) is 0. The van der Waals surface area contributed by atoms with Crippen molar-refractivity contribution >= 4 is 28.2 Å². The van der Waals surface area contributed by atoms with E-state index in [1.54, 1.807) is 24.3 Å². The molecule has 190 valence electrons. The summed E-state index contributed by atoms with van der Waals surface area (Å²) >= 11 is 1.14. The molecule has 7 nitrogen and oxygen atoms in total. The van der Waals surface area contributed by atoms with E-state index in [0.717, 1.165) is 16.9 Å². The predicted molar refractivity (Wildman–Crippen MR) is 145 cm³/mol. The third kappa shape index (κ3) is 5.98. The molecule has 3 aromatic carbocycles. The van der Waals surface area contributed by atoms with Gasteiger partial charge in [0.2, 0.25) is 11.5 Å². The number of benzene rings is 3. The van der Waals surface area contributed by atoms with E-state index in [1.807, 2.05) is 69.3 Å². The molecule has 0 unspecified atom stereocenters. The highest BCUT2D eigenvalue weighted by Crippen LogP contribution is 2.40. The number of hydrogen-bond donors (Lipinski definition) is 1. The van der Waals surface area contributed by atoms with Gasteiger partial charge in [0.05, 0.1) is 25.5 Å². The SMILES string of the molecule is CCOc1cc(C(=O)Nc2nc(-c3ccccc3)c(C(=O)c3ccccc3)s2)cc(OCC)c1OCC. The number of nitrogens with zero attached hydrogens (tertiary/aromatic N) is 1. The summed E-state index contributed by atoms with van der Waals surface area (Å²) in [6.45, 7) is 6.80. The van der Waals surface area contributed by atoms with Gasteiger partial charge in [-0.25, -0.2) is 4.98 Å². The smallest absolute Gasteiger partial charge is 0.257 e. The van der Waals surface area contributed by atoms with Crippen LogP contribution in [0.1, 0.15) is 46.4 Å². The van der Waals surface area contributed by atoms with Crippen molar-refractivity contribution in [3.63, 3.8) is 0 Å². The average molecular weight is 517 g/mol. The second-order valence-corrected chi connectivity index (χ2v) is 8.81. The molecule has 0 spiro atoms. The molecule has 4 aromatic rings. The fraction of sp³-hybridized carbons (Fsp3) is 0.207. The highest BCUT2D eigenvalue weighted by molar-refractivity contribution is 7.18. The molecule has 8 heteroatoms. The summed E-state index contributed by atoms with van der Waals surface area (Å²) in [5.41, 5.74) is 2.18. The van der Waals surface area contributed by atoms with Crippen molar-refractivity contribution in [2.75, 3.05) is 25.1 Å². The van der Waals surface area contributed by atoms with E-state index in [0.29, 0.717) is 63.9 Å². The number of carbonyl (C=O) groups is 2. The van der Waals surface area contributed by atoms with Crippen LogP contribution in [0, 0.1) is 0 Å². The molecule has 0 radical (unpaired) electrons. The molecule has 1 heterocycles. The molecule has 0 aliphatic heterocycles. The summed E-state index contributed by atoms with van der Waals surface area (Å²) in [4.78, 5) is 31.7. The molecule has 0 fully saturated rings. The number of anilines is 1. The topological polar surface area (TPSA) is 86.8 Å². The second-order valence-electron chi connectivity index (χ2n) is 7.81. The average Bonchev–Trinajstić information content (AvgIpc) is 3.34. The lowest BCUT2D eigenvalue weighted by Crippen LogP contribution is -2.13. The molecule has 0 bridgehead atoms. The van der Waals surface area contributed by atoms with E-state index in [9.17, 15) is 9.59 Å². The molecule has 0 saturated carbocycles. The first-order valence-corrected chi connectivity index (χ1v) is 12.9. The van der Waals surface area contributed by atoms with Crippen molar-refractivity contribution in [1.29, 1.82) is 0 Å². The molecule has 0 aliphatic carbocycles. The van der Waals surface area contributed by atoms with Crippen LogP contribution in [0.5, 0.6) is 17.2 Å². The van der Waals surface area contributed by atoms with Crippen LogP contribution < -0.4 is 19.5 Å². The molecule has 0 saturated heterocycles. The summed E-state index contributed by atoms with van der Waals surface area (Å²) in [6.07, 6.45) is 0. The first kappa shape index (κ1) is 25.9. The monoisotopic (exact) mass is 516 g/mol. The number of hydrogen-bond acceptors (Lipinski definition) is 7. The number of ketones is 1. The van der Waals surface area contributed by atoms with Gasteiger partial charge in [-0.05, 0) is 32.9 Å². The minimum absolute atomic E-state index is 0.157. The van der Waals surface area contributed by atoms with Gasteiger partial charge < -0.3 is 14.2 Å². The third-order valence-electron chi connectivity index (χ3n) is 5.31. The molecule has 0 atom stereocenters. The van der Waals surface area contributed by atoms with Crippen molar-refractivity contribution in [1.82, 2.24) is 4.98 Å². The van der Waals surface area contributed by atoms with Gasteiger partial charge in [0.1, 0.15) is 4.88 Å². The van der Waals surface area contributed by atoms with Gasteiger partial charge in [0.15, 0.2) is 16.6 Å². The first-order valence-electron chi connectivity index (χ1n) is 12.1. The maximum Gasteiger partial charge on any atom is 0.257 e. The molecule has 1 amide bonds. The Morgan fingerprint density at radius 2 is 1.35 bits per heavy atom. The molecular formula is C29H28N2O5S. The highest BCUT2D eigenvalue weighted by atomic mass is 32.1. The fourth-order valence-electron chi connectivity index (χ4n) is 3.73. The van der Waals surface area contributed by atoms with E-state index in [-0.39, 0.29) is 5.78 Å². The third-order valence-corrected chi connectivity index (χ3v) is 6.28. The van der Waals surface area contributed by atoms with Crippen LogP contribution in [-0.2, 0) is 0 Å². The zero-order valence-electron chi connectivity index (χ0n) is 20.9. The van der Waals surface area contributed by atoms with Crippen molar-refractivity contribution in [2.45, 2.75) is 20.8 Å². The number of thiazole rings is 1. The normalized spacial score (nSPS) is 10.6. The van der Waals surface area contributed by atoms with Crippen LogP contribution in [0.2, 0.25) is 0 Å². The Morgan fingerprint density at radius 3 is 1.92 bits per heavy atom. The van der Waals surface area contributed by atoms with Crippen LogP contribution in [0.15, 0.2) is 72.8 Å². The largest absolute Gasteiger partial charge is 0.490 e. The van der Waals surface area contributed by atoms with Gasteiger partial charge in [0.25, 0.3) is 5.91 Å². The molecule has 1 N–H and O–H groups in total. The zero-order chi connectivity index (χ0) is 26.2. The Morgan fingerprint density at radius 1 is 0.784 bits per heavy atom. The Balaban J connectivity index is 1.71. The van der Waals surface area contributed by atoms with Crippen molar-refractivity contribution < 1.29 is 23.8 Å². The van der Waals surface area contributed by atoms with Crippen molar-refractivity contribution in [3.05, 3.63) is 88.8 Å². The minimum Gasteiger partial charge on any atom is -0.490 e. The Labute approximate surface area is 220 Å². The molecule has 0 aliphatic rings. The molecule has 37 heavy (non-hydrogen) atoms. The lowest BCUT2D eigenvalue weighted by Gasteiger charge is -2.16. The van der Waals surface area contributed by atoms with Gasteiger partial charge in [0, 0.05) is 16.7 Å². The Bertz CT molecular complexity index is 1340. The number of rotatable bonds is 11. The molecular weight excluding hydrogens is 488 g/mol. The summed E-state index contributed by atoms with van der Waals surface area (Å²) in [6, 6.07) is 21.7. The van der Waals surface area contributed by atoms with Crippen LogP contribution in [-0.4, -0.2) is 36.5 Å². The molecule has 4 rings (SSSR count). The lowest BCUT2D eigenvalue weighted by molar-refractivity contribution is 0.102. The van der Waals surface area contributed by atoms with Crippen LogP contribution in [0.25, 0.3) is 11.3 Å². The number of nitrogens with one attached hydrogen (secondary N) is 1. The Kier molecular flexibility index (Phi) is 8.53. The minimum atomic E-state index is -0.406. The van der Waals surface area contributed by atoms with Crippen molar-refractivity contribution in [2.24, 2.45) is 0 Å². The van der Waals surface area contributed by atoms with E-state index in [2.05, 4.69) is 10.3 Å². The quantitative estimate of drug-likeness (QED) is 0.229. The predicted octanol–water partition coefficient (Wildman–Crippen LogP) is 6.49. The zero-order valence-corrected chi connectivity index (χ0v) is 21.8. The van der Waals surface area contributed by atoms with E-state index in [1.165, 1.54) is 0 Å². The molecule has 1 aromatic heterocycles. The lowest BCUT2D eigenvalue weighted by atomic mass is 10.1. The van der Waals surface area contributed by atoms with Crippen molar-refractivity contribution in [3.8, 4) is 28.5 Å². The summed E-state index contributed by atoms with van der Waals surface area (Å²) in [5, 5.41) is 3.16. The standard InChI is InChI=1S/C29H28N2O5S/c1-4-34-22-17-21(18-23(35-5-2)26(22)36-6-3)28(33)31-29-30-24(19-13-9-7-10-14-19)27(37-29)25(32)20-15-11-8-12-16-20/h7-18H,4-6H2,1-3H3,(H,30,31,33). The maximum absolute atomic E-state index is 13.4. The van der Waals surface area contributed by atoms with Crippen LogP contribution >= 0.6 is 11.3 Å². The fourth-order valence-corrected chi connectivity index (χ4v) is 4.67. The number of carbonyl (C=O) groups excluding carboxylic acids is 2. The van der Waals surface area contributed by atoms with Gasteiger partial charge in [-0.15, -0.1) is 0 Å². The number of aromatic nitrogens is 1. The van der Waals surface area contributed by atoms with Gasteiger partial charge in [-0.3, -0.25) is 14.9 Å². The Hall–Kier alpha value is -4.17. The number of ether oxygens (including phenoxy) is 3.